The number of hydrogen-bond donors (Lipinski definition) is 1. The van der Waals surface area contributed by atoms with Gasteiger partial charge < -0.3 is 14.2 Å². The molecule has 0 bridgehead atoms. The van der Waals surface area contributed by atoms with Gasteiger partial charge in [-0.25, -0.2) is 13.1 Å². The van der Waals surface area contributed by atoms with Gasteiger partial charge in [-0.05, 0) is 61.4 Å². The summed E-state index contributed by atoms with van der Waals surface area (Å²) in [4.78, 5) is 0.183. The highest BCUT2D eigenvalue weighted by Crippen LogP contribution is 2.31. The molecule has 2 aromatic carbocycles. The second-order valence-electron chi connectivity index (χ2n) is 7.65. The summed E-state index contributed by atoms with van der Waals surface area (Å²) >= 11 is 6.08. The fraction of sp³-hybridized carbons (Fsp3) is 0.261. The molecule has 0 aliphatic heterocycles. The lowest BCUT2D eigenvalue weighted by Crippen LogP contribution is -2.29. The van der Waals surface area contributed by atoms with Crippen LogP contribution < -0.4 is 18.9 Å². The zero-order valence-electron chi connectivity index (χ0n) is 19.6. The van der Waals surface area contributed by atoms with Gasteiger partial charge >= 0.3 is 0 Å². The number of halogens is 1. The molecular formula is C23H24ClN5O5S. The second kappa shape index (κ2) is 10.1. The van der Waals surface area contributed by atoms with Gasteiger partial charge in [0, 0.05) is 23.2 Å². The predicted molar refractivity (Wildman–Crippen MR) is 131 cm³/mol. The van der Waals surface area contributed by atoms with E-state index in [1.54, 1.807) is 69.0 Å². The number of aryl methyl sites for hydroxylation is 2. The molecule has 2 heterocycles. The van der Waals surface area contributed by atoms with E-state index in [0.717, 1.165) is 5.56 Å². The van der Waals surface area contributed by atoms with Crippen molar-refractivity contribution in [2.75, 3.05) is 27.4 Å². The van der Waals surface area contributed by atoms with Crippen LogP contribution in [-0.4, -0.2) is 55.6 Å². The highest BCUT2D eigenvalue weighted by molar-refractivity contribution is 7.89. The molecule has 10 nitrogen and oxygen atoms in total. The molecule has 4 aromatic rings. The van der Waals surface area contributed by atoms with Crippen LogP contribution in [0.15, 0.2) is 47.4 Å². The number of benzene rings is 2. The largest absolute Gasteiger partial charge is 0.493 e. The zero-order valence-corrected chi connectivity index (χ0v) is 21.1. The van der Waals surface area contributed by atoms with Gasteiger partial charge in [-0.15, -0.1) is 15.3 Å². The quantitative estimate of drug-likeness (QED) is 0.335. The lowest BCUT2D eigenvalue weighted by molar-refractivity contribution is 0.306. The number of ether oxygens (including phenoxy) is 3. The molecule has 0 radical (unpaired) electrons. The fourth-order valence-electron chi connectivity index (χ4n) is 3.46. The molecule has 0 spiro atoms. The Kier molecular flexibility index (Phi) is 7.10. The number of nitrogens with zero attached hydrogens (tertiary/aromatic N) is 4. The standard InChI is InChI=1S/C23H24ClN5O5S/c1-14-12-20(15(2)11-17(14)24)35(30,31)25-9-10-34-22-8-7-21-26-27-23(29(21)28-22)16-5-6-18(32-3)19(13-16)33-4/h5-8,11-13,25H,9-10H2,1-4H3. The van der Waals surface area contributed by atoms with Gasteiger partial charge in [-0.3, -0.25) is 0 Å². The summed E-state index contributed by atoms with van der Waals surface area (Å²) in [6.07, 6.45) is 0. The number of fused-ring (bicyclic) bond motifs is 1. The molecule has 0 aliphatic carbocycles. The molecule has 0 saturated carbocycles. The molecule has 0 amide bonds. The van der Waals surface area contributed by atoms with Crippen LogP contribution >= 0.6 is 11.6 Å². The number of sulfonamides is 1. The van der Waals surface area contributed by atoms with Crippen LogP contribution in [0.1, 0.15) is 11.1 Å². The molecule has 4 rings (SSSR count). The first-order chi connectivity index (χ1) is 16.7. The van der Waals surface area contributed by atoms with Crippen LogP contribution in [0.2, 0.25) is 5.02 Å². The summed E-state index contributed by atoms with van der Waals surface area (Å²) in [5, 5.41) is 13.3. The Morgan fingerprint density at radius 2 is 1.74 bits per heavy atom. The first-order valence-electron chi connectivity index (χ1n) is 10.6. The zero-order chi connectivity index (χ0) is 25.2. The first kappa shape index (κ1) is 24.7. The Morgan fingerprint density at radius 1 is 0.971 bits per heavy atom. The second-order valence-corrected chi connectivity index (χ2v) is 9.79. The Hall–Kier alpha value is -3.41. The van der Waals surface area contributed by atoms with Crippen molar-refractivity contribution >= 4 is 27.3 Å². The van der Waals surface area contributed by atoms with E-state index in [1.165, 1.54) is 0 Å². The Morgan fingerprint density at radius 3 is 2.49 bits per heavy atom. The van der Waals surface area contributed by atoms with E-state index in [0.29, 0.717) is 39.1 Å². The predicted octanol–water partition coefficient (Wildman–Crippen LogP) is 3.44. The third-order valence-electron chi connectivity index (χ3n) is 5.27. The lowest BCUT2D eigenvalue weighted by atomic mass is 10.2. The number of hydrogen-bond acceptors (Lipinski definition) is 8. The van der Waals surface area contributed by atoms with Crippen LogP contribution in [0, 0.1) is 13.8 Å². The van der Waals surface area contributed by atoms with E-state index >= 15 is 0 Å². The summed E-state index contributed by atoms with van der Waals surface area (Å²) in [5.41, 5.74) is 2.50. The van der Waals surface area contributed by atoms with Crippen LogP contribution in [-0.2, 0) is 10.0 Å². The summed E-state index contributed by atoms with van der Waals surface area (Å²) in [7, 11) is -0.606. The van der Waals surface area contributed by atoms with Crippen molar-refractivity contribution in [1.29, 1.82) is 0 Å². The molecule has 0 atom stereocenters. The van der Waals surface area contributed by atoms with E-state index in [4.69, 9.17) is 25.8 Å². The minimum atomic E-state index is -3.72. The van der Waals surface area contributed by atoms with Crippen molar-refractivity contribution in [3.63, 3.8) is 0 Å². The van der Waals surface area contributed by atoms with Crippen LogP contribution in [0.25, 0.3) is 17.0 Å². The topological polar surface area (TPSA) is 117 Å². The van der Waals surface area contributed by atoms with Gasteiger partial charge in [-0.1, -0.05) is 11.6 Å². The third-order valence-corrected chi connectivity index (χ3v) is 7.28. The van der Waals surface area contributed by atoms with E-state index in [2.05, 4.69) is 20.0 Å². The van der Waals surface area contributed by atoms with E-state index in [9.17, 15) is 8.42 Å². The molecule has 2 aromatic heterocycles. The maximum atomic E-state index is 12.7. The maximum Gasteiger partial charge on any atom is 0.240 e. The minimum absolute atomic E-state index is 0.0495. The smallest absolute Gasteiger partial charge is 0.240 e. The summed E-state index contributed by atoms with van der Waals surface area (Å²) in [6.45, 7) is 3.57. The monoisotopic (exact) mass is 517 g/mol. The van der Waals surface area contributed by atoms with Gasteiger partial charge in [0.1, 0.15) is 6.61 Å². The molecule has 0 fully saturated rings. The van der Waals surface area contributed by atoms with Gasteiger partial charge in [0.2, 0.25) is 15.9 Å². The summed E-state index contributed by atoms with van der Waals surface area (Å²) < 4.78 is 45.8. The van der Waals surface area contributed by atoms with Crippen molar-refractivity contribution in [2.45, 2.75) is 18.7 Å². The number of methoxy groups -OCH3 is 2. The SMILES string of the molecule is COc1ccc(-c2nnc3ccc(OCCNS(=O)(=O)c4cc(C)c(Cl)cc4C)nn23)cc1OC. The number of aromatic nitrogens is 4. The molecule has 0 unspecified atom stereocenters. The molecule has 184 valence electrons. The Labute approximate surface area is 207 Å². The fourth-order valence-corrected chi connectivity index (χ4v) is 5.00. The van der Waals surface area contributed by atoms with Gasteiger partial charge in [0.05, 0.1) is 19.1 Å². The highest BCUT2D eigenvalue weighted by Gasteiger charge is 2.18. The van der Waals surface area contributed by atoms with Crippen molar-refractivity contribution in [3.8, 4) is 28.8 Å². The molecule has 0 aliphatic rings. The number of rotatable bonds is 9. The molecule has 12 heteroatoms. The van der Waals surface area contributed by atoms with Gasteiger partial charge in [0.15, 0.2) is 23.0 Å². The normalized spacial score (nSPS) is 11.6. The molecule has 35 heavy (non-hydrogen) atoms. The molecule has 0 saturated heterocycles. The van der Waals surface area contributed by atoms with Crippen LogP contribution in [0.3, 0.4) is 0 Å². The van der Waals surface area contributed by atoms with E-state index in [-0.39, 0.29) is 23.9 Å². The molecule has 1 N–H and O–H groups in total. The van der Waals surface area contributed by atoms with Crippen LogP contribution in [0.4, 0.5) is 0 Å². The van der Waals surface area contributed by atoms with Crippen molar-refractivity contribution < 1.29 is 22.6 Å². The first-order valence-corrected chi connectivity index (χ1v) is 12.4. The highest BCUT2D eigenvalue weighted by atomic mass is 35.5. The van der Waals surface area contributed by atoms with Gasteiger partial charge in [-0.2, -0.15) is 4.52 Å². The maximum absolute atomic E-state index is 12.7. The Bertz CT molecular complexity index is 1490. The summed E-state index contributed by atoms with van der Waals surface area (Å²) in [5.74, 6) is 1.92. The van der Waals surface area contributed by atoms with Crippen molar-refractivity contribution in [3.05, 3.63) is 58.6 Å². The Balaban J connectivity index is 1.47. The molecular weight excluding hydrogens is 494 g/mol. The van der Waals surface area contributed by atoms with Crippen molar-refractivity contribution in [2.24, 2.45) is 0 Å². The average molecular weight is 518 g/mol. The van der Waals surface area contributed by atoms with E-state index in [1.807, 2.05) is 6.07 Å². The summed E-state index contributed by atoms with van der Waals surface area (Å²) in [6, 6.07) is 11.9. The van der Waals surface area contributed by atoms with Crippen molar-refractivity contribution in [1.82, 2.24) is 24.5 Å². The minimum Gasteiger partial charge on any atom is -0.493 e. The third kappa shape index (κ3) is 5.16. The van der Waals surface area contributed by atoms with E-state index < -0.39 is 10.0 Å². The lowest BCUT2D eigenvalue weighted by Gasteiger charge is -2.12. The average Bonchev–Trinajstić information content (AvgIpc) is 3.27. The number of nitrogens with one attached hydrogen (secondary N) is 1. The van der Waals surface area contributed by atoms with Crippen LogP contribution in [0.5, 0.6) is 17.4 Å². The van der Waals surface area contributed by atoms with Gasteiger partial charge in [0.25, 0.3) is 0 Å².